The Morgan fingerprint density at radius 3 is 1.74 bits per heavy atom. The maximum atomic E-state index is 12.5. The summed E-state index contributed by atoms with van der Waals surface area (Å²) in [5.41, 5.74) is 0.0618. The molecule has 1 amide bonds. The summed E-state index contributed by atoms with van der Waals surface area (Å²) in [5, 5.41) is 13.2. The molecule has 0 radical (unpaired) electrons. The van der Waals surface area contributed by atoms with Crippen LogP contribution in [0.4, 0.5) is 5.69 Å². The third-order valence-corrected chi connectivity index (χ3v) is 7.43. The first-order valence-corrected chi connectivity index (χ1v) is 10.6. The minimum Gasteiger partial charge on any atom is -0.507 e. The van der Waals surface area contributed by atoms with E-state index in [1.165, 1.54) is 53.3 Å². The second-order valence-electron chi connectivity index (χ2n) is 6.27. The molecule has 2 aromatic rings. The maximum absolute atomic E-state index is 12.5. The van der Waals surface area contributed by atoms with Gasteiger partial charge in [0.05, 0.1) is 15.5 Å². The smallest absolute Gasteiger partial charge is 0.242 e. The van der Waals surface area contributed by atoms with Crippen molar-refractivity contribution in [2.45, 2.75) is 16.7 Å². The molecular weight excluding hydrogens is 394 g/mol. The standard InChI is InChI=1S/C16H21N3O6S2/c1-10(20)17-14-8-12(26(22,23)18(2)3)6-11-7-13(9-15(21)16(11)14)27(24,25)19(4)5/h6-9,21H,1-5H3,(H,17,20). The Balaban J connectivity index is 2.94. The van der Waals surface area contributed by atoms with Crippen LogP contribution in [0.3, 0.4) is 0 Å². The predicted octanol–water partition coefficient (Wildman–Crippen LogP) is 1.00. The zero-order valence-corrected chi connectivity index (χ0v) is 17.1. The lowest BCUT2D eigenvalue weighted by molar-refractivity contribution is -0.114. The first-order chi connectivity index (χ1) is 12.3. The number of carbonyl (C=O) groups excluding carboxylic acids is 1. The third kappa shape index (κ3) is 3.90. The molecule has 2 aromatic carbocycles. The number of hydrogen-bond donors (Lipinski definition) is 2. The predicted molar refractivity (Wildman–Crippen MR) is 102 cm³/mol. The highest BCUT2D eigenvalue weighted by Crippen LogP contribution is 2.37. The summed E-state index contributed by atoms with van der Waals surface area (Å²) in [6, 6.07) is 4.79. The summed E-state index contributed by atoms with van der Waals surface area (Å²) >= 11 is 0. The van der Waals surface area contributed by atoms with Crippen molar-refractivity contribution in [2.75, 3.05) is 33.5 Å². The zero-order valence-electron chi connectivity index (χ0n) is 15.5. The van der Waals surface area contributed by atoms with Gasteiger partial charge in [-0.15, -0.1) is 0 Å². The highest BCUT2D eigenvalue weighted by molar-refractivity contribution is 7.89. The van der Waals surface area contributed by atoms with Crippen LogP contribution in [-0.2, 0) is 24.8 Å². The van der Waals surface area contributed by atoms with E-state index in [-0.39, 0.29) is 26.3 Å². The van der Waals surface area contributed by atoms with Gasteiger partial charge < -0.3 is 10.4 Å². The van der Waals surface area contributed by atoms with E-state index in [0.717, 1.165) is 14.7 Å². The molecule has 0 aliphatic rings. The number of anilines is 1. The molecule has 2 rings (SSSR count). The fraction of sp³-hybridized carbons (Fsp3) is 0.312. The van der Waals surface area contributed by atoms with Gasteiger partial charge in [-0.05, 0) is 23.6 Å². The van der Waals surface area contributed by atoms with Gasteiger partial charge in [-0.3, -0.25) is 4.79 Å². The van der Waals surface area contributed by atoms with Gasteiger partial charge in [0.15, 0.2) is 0 Å². The van der Waals surface area contributed by atoms with Gasteiger partial charge in [-0.2, -0.15) is 0 Å². The van der Waals surface area contributed by atoms with E-state index < -0.39 is 31.7 Å². The molecule has 0 atom stereocenters. The van der Waals surface area contributed by atoms with Gasteiger partial charge in [-0.25, -0.2) is 25.4 Å². The lowest BCUT2D eigenvalue weighted by Gasteiger charge is -2.17. The van der Waals surface area contributed by atoms with E-state index in [1.807, 2.05) is 0 Å². The molecule has 0 aliphatic carbocycles. The van der Waals surface area contributed by atoms with Crippen molar-refractivity contribution in [1.82, 2.24) is 8.61 Å². The molecule has 0 aliphatic heterocycles. The molecule has 0 bridgehead atoms. The molecule has 0 fully saturated rings. The number of amides is 1. The van der Waals surface area contributed by atoms with E-state index >= 15 is 0 Å². The number of sulfonamides is 2. The number of nitrogens with one attached hydrogen (secondary N) is 1. The van der Waals surface area contributed by atoms with E-state index in [9.17, 15) is 26.7 Å². The van der Waals surface area contributed by atoms with Crippen LogP contribution in [0.1, 0.15) is 6.92 Å². The fourth-order valence-corrected chi connectivity index (χ4v) is 4.37. The summed E-state index contributed by atoms with van der Waals surface area (Å²) in [5.74, 6) is -0.870. The van der Waals surface area contributed by atoms with Crippen molar-refractivity contribution in [1.29, 1.82) is 0 Å². The Morgan fingerprint density at radius 2 is 1.33 bits per heavy atom. The Bertz CT molecular complexity index is 1120. The summed E-state index contributed by atoms with van der Waals surface area (Å²) in [7, 11) is -2.35. The molecule has 11 heteroatoms. The average Bonchev–Trinajstić information content (AvgIpc) is 2.52. The van der Waals surface area contributed by atoms with Crippen LogP contribution in [-0.4, -0.2) is 64.7 Å². The van der Waals surface area contributed by atoms with Crippen molar-refractivity contribution in [3.05, 3.63) is 24.3 Å². The third-order valence-electron chi connectivity index (χ3n) is 3.84. The second kappa shape index (κ2) is 7.08. The van der Waals surface area contributed by atoms with Gasteiger partial charge >= 0.3 is 0 Å². The number of hydrogen-bond acceptors (Lipinski definition) is 6. The lowest BCUT2D eigenvalue weighted by atomic mass is 10.1. The first-order valence-electron chi connectivity index (χ1n) is 7.72. The Kier molecular flexibility index (Phi) is 5.53. The maximum Gasteiger partial charge on any atom is 0.242 e. The number of phenolic OH excluding ortho intramolecular Hbond substituents is 1. The minimum atomic E-state index is -3.87. The largest absolute Gasteiger partial charge is 0.507 e. The van der Waals surface area contributed by atoms with Gasteiger partial charge in [0.25, 0.3) is 0 Å². The molecule has 9 nitrogen and oxygen atoms in total. The van der Waals surface area contributed by atoms with Crippen LogP contribution >= 0.6 is 0 Å². The average molecular weight is 415 g/mol. The highest BCUT2D eigenvalue weighted by Gasteiger charge is 2.24. The fourth-order valence-electron chi connectivity index (χ4n) is 2.45. The molecule has 0 saturated carbocycles. The van der Waals surface area contributed by atoms with E-state index in [1.54, 1.807) is 0 Å². The molecule has 27 heavy (non-hydrogen) atoms. The lowest BCUT2D eigenvalue weighted by Crippen LogP contribution is -2.23. The van der Waals surface area contributed by atoms with Crippen LogP contribution in [0, 0.1) is 0 Å². The van der Waals surface area contributed by atoms with E-state index in [0.29, 0.717) is 0 Å². The number of nitrogens with zero attached hydrogens (tertiary/aromatic N) is 2. The summed E-state index contributed by atoms with van der Waals surface area (Å²) in [6.07, 6.45) is 0. The molecule has 0 spiro atoms. The van der Waals surface area contributed by atoms with E-state index in [2.05, 4.69) is 5.32 Å². The van der Waals surface area contributed by atoms with E-state index in [4.69, 9.17) is 0 Å². The van der Waals surface area contributed by atoms with Crippen molar-refractivity contribution in [3.63, 3.8) is 0 Å². The molecular formula is C16H21N3O6S2. The molecule has 2 N–H and O–H groups in total. The van der Waals surface area contributed by atoms with Crippen molar-refractivity contribution in [3.8, 4) is 5.75 Å². The quantitative estimate of drug-likeness (QED) is 0.751. The Labute approximate surface area is 158 Å². The minimum absolute atomic E-state index is 0.0618. The molecule has 0 unspecified atom stereocenters. The van der Waals surface area contributed by atoms with Crippen LogP contribution in [0.2, 0.25) is 0 Å². The van der Waals surface area contributed by atoms with Crippen LogP contribution in [0.5, 0.6) is 5.75 Å². The second-order valence-corrected chi connectivity index (χ2v) is 10.6. The van der Waals surface area contributed by atoms with Crippen LogP contribution in [0.15, 0.2) is 34.1 Å². The number of benzene rings is 2. The number of carbonyl (C=O) groups is 1. The van der Waals surface area contributed by atoms with Crippen LogP contribution in [0.25, 0.3) is 10.8 Å². The number of phenols is 1. The summed E-state index contributed by atoms with van der Waals surface area (Å²) in [4.78, 5) is 11.2. The highest BCUT2D eigenvalue weighted by atomic mass is 32.2. The van der Waals surface area contributed by atoms with Crippen molar-refractivity contribution >= 4 is 42.4 Å². The Morgan fingerprint density at radius 1 is 0.889 bits per heavy atom. The van der Waals surface area contributed by atoms with Crippen molar-refractivity contribution in [2.24, 2.45) is 0 Å². The number of fused-ring (bicyclic) bond motifs is 1. The van der Waals surface area contributed by atoms with Gasteiger partial charge in [-0.1, -0.05) is 0 Å². The van der Waals surface area contributed by atoms with Gasteiger partial charge in [0.2, 0.25) is 26.0 Å². The van der Waals surface area contributed by atoms with Crippen LogP contribution < -0.4 is 5.32 Å². The molecule has 0 saturated heterocycles. The molecule has 0 heterocycles. The number of aromatic hydroxyl groups is 1. The zero-order chi connectivity index (χ0) is 20.7. The number of rotatable bonds is 5. The SMILES string of the molecule is CC(=O)Nc1cc(S(=O)(=O)N(C)C)cc2cc(S(=O)(=O)N(C)C)cc(O)c12. The van der Waals surface area contributed by atoms with Crippen molar-refractivity contribution < 1.29 is 26.7 Å². The normalized spacial score (nSPS) is 12.7. The monoisotopic (exact) mass is 415 g/mol. The first kappa shape index (κ1) is 21.1. The van der Waals surface area contributed by atoms with Gasteiger partial charge in [0.1, 0.15) is 5.75 Å². The van der Waals surface area contributed by atoms with Gasteiger partial charge in [0, 0.05) is 46.6 Å². The summed E-state index contributed by atoms with van der Waals surface area (Å²) < 4.78 is 51.8. The Hall–Kier alpha value is -2.21. The molecule has 148 valence electrons. The molecule has 0 aromatic heterocycles. The topological polar surface area (TPSA) is 124 Å². The summed E-state index contributed by atoms with van der Waals surface area (Å²) in [6.45, 7) is 1.24.